The number of aliphatic hydroxyl groups excluding tert-OH is 1. The molecule has 2 N–H and O–H groups in total. The highest BCUT2D eigenvalue weighted by Crippen LogP contribution is 2.17. The predicted octanol–water partition coefficient (Wildman–Crippen LogP) is 1.41. The quantitative estimate of drug-likeness (QED) is 0.858. The Hall–Kier alpha value is -1.88. The number of aromatic amines is 1. The highest BCUT2D eigenvalue weighted by molar-refractivity contribution is 6.05. The van der Waals surface area contributed by atoms with Crippen molar-refractivity contribution in [2.75, 3.05) is 13.6 Å². The normalized spacial score (nSPS) is 12.6. The molecule has 0 saturated heterocycles. The molecular weight excluding hydrogens is 230 g/mol. The van der Waals surface area contributed by atoms with Gasteiger partial charge < -0.3 is 10.0 Å². The molecule has 5 nitrogen and oxygen atoms in total. The molecule has 0 fully saturated rings. The molecular formula is C13H17N3O2. The average molecular weight is 247 g/mol. The fourth-order valence-corrected chi connectivity index (χ4v) is 1.83. The van der Waals surface area contributed by atoms with Crippen LogP contribution in [0.4, 0.5) is 0 Å². The highest BCUT2D eigenvalue weighted by Gasteiger charge is 2.15. The smallest absolute Gasteiger partial charge is 0.255 e. The first-order chi connectivity index (χ1) is 8.59. The highest BCUT2D eigenvalue weighted by atomic mass is 16.3. The van der Waals surface area contributed by atoms with Gasteiger partial charge in [0.2, 0.25) is 0 Å². The van der Waals surface area contributed by atoms with Gasteiger partial charge >= 0.3 is 0 Å². The molecule has 0 saturated carbocycles. The van der Waals surface area contributed by atoms with Gasteiger partial charge in [-0.3, -0.25) is 9.89 Å². The van der Waals surface area contributed by atoms with Crippen LogP contribution in [0.25, 0.3) is 10.9 Å². The van der Waals surface area contributed by atoms with Gasteiger partial charge in [0.05, 0.1) is 23.4 Å². The number of aliphatic hydroxyl groups is 1. The van der Waals surface area contributed by atoms with Crippen molar-refractivity contribution in [2.24, 2.45) is 0 Å². The zero-order chi connectivity index (χ0) is 13.1. The van der Waals surface area contributed by atoms with Crippen LogP contribution in [0.1, 0.15) is 23.7 Å². The third kappa shape index (κ3) is 2.51. The second-order valence-corrected chi connectivity index (χ2v) is 4.50. The maximum Gasteiger partial charge on any atom is 0.255 e. The molecule has 0 aliphatic heterocycles. The number of hydrogen-bond donors (Lipinski definition) is 2. The summed E-state index contributed by atoms with van der Waals surface area (Å²) >= 11 is 0. The van der Waals surface area contributed by atoms with Gasteiger partial charge in [-0.2, -0.15) is 5.10 Å². The van der Waals surface area contributed by atoms with Gasteiger partial charge in [-0.25, -0.2) is 0 Å². The first kappa shape index (κ1) is 12.6. The summed E-state index contributed by atoms with van der Waals surface area (Å²) in [5.41, 5.74) is 1.37. The van der Waals surface area contributed by atoms with Crippen LogP contribution in [0, 0.1) is 0 Å². The Balaban J connectivity index is 2.20. The molecule has 1 aromatic heterocycles. The van der Waals surface area contributed by atoms with E-state index < -0.39 is 6.10 Å². The van der Waals surface area contributed by atoms with Crippen molar-refractivity contribution in [2.45, 2.75) is 19.4 Å². The first-order valence-electron chi connectivity index (χ1n) is 5.95. The molecule has 1 heterocycles. The van der Waals surface area contributed by atoms with E-state index in [4.69, 9.17) is 0 Å². The minimum atomic E-state index is -0.400. The van der Waals surface area contributed by atoms with Gasteiger partial charge in [0, 0.05) is 19.0 Å². The number of hydrogen-bond acceptors (Lipinski definition) is 3. The van der Waals surface area contributed by atoms with E-state index in [9.17, 15) is 9.90 Å². The van der Waals surface area contributed by atoms with Crippen molar-refractivity contribution in [3.05, 3.63) is 30.0 Å². The van der Waals surface area contributed by atoms with Crippen molar-refractivity contribution in [1.29, 1.82) is 0 Å². The van der Waals surface area contributed by atoms with Gasteiger partial charge in [0.15, 0.2) is 0 Å². The summed E-state index contributed by atoms with van der Waals surface area (Å²) < 4.78 is 0. The van der Waals surface area contributed by atoms with Crippen LogP contribution in [0.5, 0.6) is 0 Å². The maximum absolute atomic E-state index is 12.3. The standard InChI is InChI=1S/C13H17N3O2/c1-9(17)6-7-16(2)13(18)11-5-3-4-10-8-14-15-12(10)11/h3-5,8-9,17H,6-7H2,1-2H3,(H,14,15). The topological polar surface area (TPSA) is 69.2 Å². The molecule has 1 amide bonds. The minimum absolute atomic E-state index is 0.0644. The lowest BCUT2D eigenvalue weighted by molar-refractivity contribution is 0.0770. The summed E-state index contributed by atoms with van der Waals surface area (Å²) in [6, 6.07) is 5.53. The van der Waals surface area contributed by atoms with Crippen molar-refractivity contribution in [3.63, 3.8) is 0 Å². The number of fused-ring (bicyclic) bond motifs is 1. The maximum atomic E-state index is 12.3. The Morgan fingerprint density at radius 3 is 3.06 bits per heavy atom. The summed E-state index contributed by atoms with van der Waals surface area (Å²) in [4.78, 5) is 13.9. The van der Waals surface area contributed by atoms with Crippen LogP contribution in [-0.2, 0) is 0 Å². The van der Waals surface area contributed by atoms with E-state index in [0.717, 1.165) is 10.9 Å². The fraction of sp³-hybridized carbons (Fsp3) is 0.385. The molecule has 0 radical (unpaired) electrons. The monoisotopic (exact) mass is 247 g/mol. The molecule has 0 aliphatic rings. The number of carbonyl (C=O) groups excluding carboxylic acids is 1. The van der Waals surface area contributed by atoms with Crippen LogP contribution in [0.15, 0.2) is 24.4 Å². The summed E-state index contributed by atoms with van der Waals surface area (Å²) in [5, 5.41) is 16.9. The largest absolute Gasteiger partial charge is 0.393 e. The van der Waals surface area contributed by atoms with Gasteiger partial charge in [-0.1, -0.05) is 12.1 Å². The zero-order valence-corrected chi connectivity index (χ0v) is 10.6. The molecule has 96 valence electrons. The number of H-pyrrole nitrogens is 1. The molecule has 2 aromatic rings. The number of benzene rings is 1. The Bertz CT molecular complexity index is 548. The molecule has 18 heavy (non-hydrogen) atoms. The summed E-state index contributed by atoms with van der Waals surface area (Å²) in [6.07, 6.45) is 1.87. The summed E-state index contributed by atoms with van der Waals surface area (Å²) in [7, 11) is 1.74. The predicted molar refractivity (Wildman–Crippen MR) is 69.4 cm³/mol. The lowest BCUT2D eigenvalue weighted by Crippen LogP contribution is -2.29. The summed E-state index contributed by atoms with van der Waals surface area (Å²) in [5.74, 6) is -0.0644. The molecule has 1 unspecified atom stereocenters. The van der Waals surface area contributed by atoms with Crippen LogP contribution in [0.2, 0.25) is 0 Å². The fourth-order valence-electron chi connectivity index (χ4n) is 1.83. The van der Waals surface area contributed by atoms with Crippen molar-refractivity contribution < 1.29 is 9.90 Å². The Morgan fingerprint density at radius 2 is 2.33 bits per heavy atom. The van der Waals surface area contributed by atoms with Gasteiger partial charge in [0.25, 0.3) is 5.91 Å². The third-order valence-electron chi connectivity index (χ3n) is 2.94. The van der Waals surface area contributed by atoms with E-state index in [1.165, 1.54) is 0 Å². The van der Waals surface area contributed by atoms with Crippen molar-refractivity contribution >= 4 is 16.8 Å². The molecule has 0 bridgehead atoms. The number of para-hydroxylation sites is 1. The Kier molecular flexibility index (Phi) is 3.62. The van der Waals surface area contributed by atoms with E-state index >= 15 is 0 Å². The molecule has 1 aromatic carbocycles. The Morgan fingerprint density at radius 1 is 1.56 bits per heavy atom. The number of aromatic nitrogens is 2. The van der Waals surface area contributed by atoms with E-state index in [-0.39, 0.29) is 5.91 Å². The minimum Gasteiger partial charge on any atom is -0.393 e. The van der Waals surface area contributed by atoms with Gasteiger partial charge in [-0.05, 0) is 19.4 Å². The second-order valence-electron chi connectivity index (χ2n) is 4.50. The SMILES string of the molecule is CC(O)CCN(C)C(=O)c1cccc2cn[nH]c12. The molecule has 2 rings (SSSR count). The molecule has 1 atom stereocenters. The number of nitrogens with one attached hydrogen (secondary N) is 1. The van der Waals surface area contributed by atoms with Crippen LogP contribution >= 0.6 is 0 Å². The number of nitrogens with zero attached hydrogens (tertiary/aromatic N) is 2. The van der Waals surface area contributed by atoms with Crippen molar-refractivity contribution in [3.8, 4) is 0 Å². The van der Waals surface area contributed by atoms with E-state index in [1.54, 1.807) is 31.1 Å². The average Bonchev–Trinajstić information content (AvgIpc) is 2.82. The van der Waals surface area contributed by atoms with E-state index in [2.05, 4.69) is 10.2 Å². The molecule has 0 spiro atoms. The zero-order valence-electron chi connectivity index (χ0n) is 10.6. The number of carbonyl (C=O) groups is 1. The Labute approximate surface area is 105 Å². The second kappa shape index (κ2) is 5.18. The number of rotatable bonds is 4. The number of amides is 1. The van der Waals surface area contributed by atoms with Crippen LogP contribution < -0.4 is 0 Å². The van der Waals surface area contributed by atoms with E-state index in [1.807, 2.05) is 12.1 Å². The third-order valence-corrected chi connectivity index (χ3v) is 2.94. The van der Waals surface area contributed by atoms with Gasteiger partial charge in [-0.15, -0.1) is 0 Å². The lowest BCUT2D eigenvalue weighted by Gasteiger charge is -2.18. The van der Waals surface area contributed by atoms with Gasteiger partial charge in [0.1, 0.15) is 0 Å². The van der Waals surface area contributed by atoms with Crippen LogP contribution in [0.3, 0.4) is 0 Å². The van der Waals surface area contributed by atoms with Crippen molar-refractivity contribution in [1.82, 2.24) is 15.1 Å². The molecule has 5 heteroatoms. The van der Waals surface area contributed by atoms with E-state index in [0.29, 0.717) is 18.5 Å². The summed E-state index contributed by atoms with van der Waals surface area (Å²) in [6.45, 7) is 2.24. The molecule has 0 aliphatic carbocycles. The van der Waals surface area contributed by atoms with Crippen LogP contribution in [-0.4, -0.2) is 45.8 Å². The lowest BCUT2D eigenvalue weighted by atomic mass is 10.1. The first-order valence-corrected chi connectivity index (χ1v) is 5.95.